The molecule has 8 nitrogen and oxygen atoms in total. The molecule has 2 N–H and O–H groups in total. The van der Waals surface area contributed by atoms with Crippen LogP contribution in [0.5, 0.6) is 5.75 Å². The van der Waals surface area contributed by atoms with Gasteiger partial charge < -0.3 is 9.84 Å². The predicted octanol–water partition coefficient (Wildman–Crippen LogP) is 0.797. The van der Waals surface area contributed by atoms with E-state index in [1.54, 1.807) is 0 Å². The van der Waals surface area contributed by atoms with E-state index in [2.05, 4.69) is 4.72 Å². The molecule has 0 atom stereocenters. The van der Waals surface area contributed by atoms with Crippen molar-refractivity contribution < 1.29 is 23.2 Å². The lowest BCUT2D eigenvalue weighted by Crippen LogP contribution is -2.55. The SMILES string of the molecule is COc1ccc(S(=O)(=O)NC2(CO)CCC2)cc1[N+](=O)[O-]. The van der Waals surface area contributed by atoms with E-state index in [4.69, 9.17) is 4.74 Å². The quantitative estimate of drug-likeness (QED) is 0.592. The van der Waals surface area contributed by atoms with Crippen molar-refractivity contribution in [2.24, 2.45) is 0 Å². The Bertz CT molecular complexity index is 648. The van der Waals surface area contributed by atoms with Gasteiger partial charge in [0.1, 0.15) is 0 Å². The van der Waals surface area contributed by atoms with Crippen molar-refractivity contribution in [2.75, 3.05) is 13.7 Å². The van der Waals surface area contributed by atoms with Crippen LogP contribution in [0, 0.1) is 10.1 Å². The second-order valence-electron chi connectivity index (χ2n) is 4.99. The molecular weight excluding hydrogens is 300 g/mol. The van der Waals surface area contributed by atoms with Gasteiger partial charge in [0.25, 0.3) is 0 Å². The summed E-state index contributed by atoms with van der Waals surface area (Å²) in [5.41, 5.74) is -1.28. The monoisotopic (exact) mass is 316 g/mol. The zero-order chi connectivity index (χ0) is 15.7. The summed E-state index contributed by atoms with van der Waals surface area (Å²) < 4.78 is 31.8. The highest BCUT2D eigenvalue weighted by Crippen LogP contribution is 2.34. The Hall–Kier alpha value is -1.71. The maximum absolute atomic E-state index is 12.3. The molecule has 1 fully saturated rings. The van der Waals surface area contributed by atoms with Crippen LogP contribution in [0.2, 0.25) is 0 Å². The van der Waals surface area contributed by atoms with Crippen molar-refractivity contribution in [3.63, 3.8) is 0 Å². The van der Waals surface area contributed by atoms with E-state index >= 15 is 0 Å². The molecule has 2 rings (SSSR count). The van der Waals surface area contributed by atoms with Gasteiger partial charge in [-0.2, -0.15) is 0 Å². The summed E-state index contributed by atoms with van der Waals surface area (Å²) >= 11 is 0. The first-order chi connectivity index (χ1) is 9.83. The summed E-state index contributed by atoms with van der Waals surface area (Å²) in [5.74, 6) is -0.0144. The predicted molar refractivity (Wildman–Crippen MR) is 73.6 cm³/mol. The molecule has 0 heterocycles. The third-order valence-corrected chi connectivity index (χ3v) is 5.20. The molecule has 1 aliphatic rings. The number of ether oxygens (including phenoxy) is 1. The highest BCUT2D eigenvalue weighted by Gasteiger charge is 2.40. The van der Waals surface area contributed by atoms with E-state index in [0.29, 0.717) is 12.8 Å². The van der Waals surface area contributed by atoms with Gasteiger partial charge in [0.15, 0.2) is 5.75 Å². The number of hydrogen-bond donors (Lipinski definition) is 2. The molecule has 0 radical (unpaired) electrons. The van der Waals surface area contributed by atoms with Crippen molar-refractivity contribution >= 4 is 15.7 Å². The number of rotatable bonds is 6. The van der Waals surface area contributed by atoms with Crippen LogP contribution in [0.3, 0.4) is 0 Å². The molecule has 21 heavy (non-hydrogen) atoms. The van der Waals surface area contributed by atoms with E-state index in [1.165, 1.54) is 19.2 Å². The van der Waals surface area contributed by atoms with Crippen LogP contribution in [-0.4, -0.2) is 37.7 Å². The highest BCUT2D eigenvalue weighted by molar-refractivity contribution is 7.89. The van der Waals surface area contributed by atoms with E-state index in [0.717, 1.165) is 12.5 Å². The number of nitro benzene ring substituents is 1. The second kappa shape index (κ2) is 5.58. The van der Waals surface area contributed by atoms with Gasteiger partial charge in [0, 0.05) is 6.07 Å². The van der Waals surface area contributed by atoms with E-state index in [1.807, 2.05) is 0 Å². The standard InChI is InChI=1S/C12H16N2O6S/c1-20-11-4-3-9(7-10(11)14(16)17)21(18,19)13-12(8-15)5-2-6-12/h3-4,7,13,15H,2,5-6,8H2,1H3. The lowest BCUT2D eigenvalue weighted by Gasteiger charge is -2.40. The minimum atomic E-state index is -3.94. The normalized spacial score (nSPS) is 17.0. The summed E-state index contributed by atoms with van der Waals surface area (Å²) in [6.07, 6.45) is 1.91. The van der Waals surface area contributed by atoms with E-state index in [9.17, 15) is 23.6 Å². The fourth-order valence-corrected chi connectivity index (χ4v) is 3.69. The number of methoxy groups -OCH3 is 1. The molecule has 1 aromatic carbocycles. The van der Waals surface area contributed by atoms with Gasteiger partial charge >= 0.3 is 5.69 Å². The van der Waals surface area contributed by atoms with Gasteiger partial charge in [0.05, 0.1) is 29.1 Å². The van der Waals surface area contributed by atoms with Crippen molar-refractivity contribution in [3.05, 3.63) is 28.3 Å². The maximum Gasteiger partial charge on any atom is 0.312 e. The average Bonchev–Trinajstić information content (AvgIpc) is 2.42. The summed E-state index contributed by atoms with van der Waals surface area (Å²) in [6, 6.07) is 3.42. The number of aliphatic hydroxyl groups excluding tert-OH is 1. The molecule has 0 aromatic heterocycles. The fourth-order valence-electron chi connectivity index (χ4n) is 2.22. The number of nitro groups is 1. The number of hydrogen-bond acceptors (Lipinski definition) is 6. The van der Waals surface area contributed by atoms with Gasteiger partial charge in [-0.15, -0.1) is 0 Å². The van der Waals surface area contributed by atoms with Crippen molar-refractivity contribution in [2.45, 2.75) is 29.7 Å². The van der Waals surface area contributed by atoms with Gasteiger partial charge in [-0.1, -0.05) is 0 Å². The van der Waals surface area contributed by atoms with E-state index < -0.39 is 26.2 Å². The van der Waals surface area contributed by atoms with Crippen molar-refractivity contribution in [1.82, 2.24) is 4.72 Å². The number of sulfonamides is 1. The molecular formula is C12H16N2O6S. The van der Waals surface area contributed by atoms with Crippen LogP contribution in [0.15, 0.2) is 23.1 Å². The van der Waals surface area contributed by atoms with Gasteiger partial charge in [-0.25, -0.2) is 13.1 Å². The lowest BCUT2D eigenvalue weighted by molar-refractivity contribution is -0.386. The summed E-state index contributed by atoms with van der Waals surface area (Å²) in [6.45, 7) is -0.301. The first-order valence-corrected chi connectivity index (χ1v) is 7.79. The first kappa shape index (κ1) is 15.7. The molecule has 0 unspecified atom stereocenters. The average molecular weight is 316 g/mol. The molecule has 0 bridgehead atoms. The highest BCUT2D eigenvalue weighted by atomic mass is 32.2. The summed E-state index contributed by atoms with van der Waals surface area (Å²) in [5, 5.41) is 20.3. The molecule has 1 saturated carbocycles. The third-order valence-electron chi connectivity index (χ3n) is 3.62. The number of aliphatic hydroxyl groups is 1. The van der Waals surface area contributed by atoms with Crippen LogP contribution >= 0.6 is 0 Å². The molecule has 1 aromatic rings. The van der Waals surface area contributed by atoms with Crippen molar-refractivity contribution in [3.8, 4) is 5.75 Å². The topological polar surface area (TPSA) is 119 Å². The Morgan fingerprint density at radius 3 is 2.57 bits per heavy atom. The summed E-state index contributed by atoms with van der Waals surface area (Å²) in [7, 11) is -2.67. The van der Waals surface area contributed by atoms with Crippen LogP contribution in [0.25, 0.3) is 0 Å². The Morgan fingerprint density at radius 1 is 1.48 bits per heavy atom. The Kier molecular flexibility index (Phi) is 4.17. The van der Waals surface area contributed by atoms with Crippen LogP contribution in [0.4, 0.5) is 5.69 Å². The van der Waals surface area contributed by atoms with Crippen LogP contribution < -0.4 is 9.46 Å². The molecule has 9 heteroatoms. The number of nitrogens with one attached hydrogen (secondary N) is 1. The van der Waals surface area contributed by atoms with Crippen molar-refractivity contribution in [1.29, 1.82) is 0 Å². The van der Waals surface area contributed by atoms with E-state index in [-0.39, 0.29) is 17.3 Å². The second-order valence-corrected chi connectivity index (χ2v) is 6.67. The molecule has 0 amide bonds. The molecule has 0 spiro atoms. The molecule has 1 aliphatic carbocycles. The zero-order valence-corrected chi connectivity index (χ0v) is 12.2. The first-order valence-electron chi connectivity index (χ1n) is 6.31. The minimum absolute atomic E-state index is 0.0144. The lowest BCUT2D eigenvalue weighted by atomic mass is 9.78. The zero-order valence-electron chi connectivity index (χ0n) is 11.4. The number of nitrogens with zero attached hydrogens (tertiary/aromatic N) is 1. The van der Waals surface area contributed by atoms with Gasteiger partial charge in [-0.3, -0.25) is 10.1 Å². The molecule has 116 valence electrons. The van der Waals surface area contributed by atoms with Gasteiger partial charge in [0.2, 0.25) is 10.0 Å². The molecule has 0 aliphatic heterocycles. The smallest absolute Gasteiger partial charge is 0.312 e. The summed E-state index contributed by atoms with van der Waals surface area (Å²) in [4.78, 5) is 10.0. The minimum Gasteiger partial charge on any atom is -0.490 e. The molecule has 0 saturated heterocycles. The van der Waals surface area contributed by atoms with Crippen LogP contribution in [0.1, 0.15) is 19.3 Å². The maximum atomic E-state index is 12.3. The Morgan fingerprint density at radius 2 is 2.14 bits per heavy atom. The van der Waals surface area contributed by atoms with Gasteiger partial charge in [-0.05, 0) is 31.4 Å². The largest absolute Gasteiger partial charge is 0.490 e. The Balaban J connectivity index is 2.36. The van der Waals surface area contributed by atoms with Crippen LogP contribution in [-0.2, 0) is 10.0 Å². The number of benzene rings is 1. The fraction of sp³-hybridized carbons (Fsp3) is 0.500. The third kappa shape index (κ3) is 2.99. The Labute approximate surface area is 121 Å².